The number of nitrogens with zero attached hydrogens (tertiary/aromatic N) is 6. The summed E-state index contributed by atoms with van der Waals surface area (Å²) in [4.78, 5) is 21.8. The van der Waals surface area contributed by atoms with Gasteiger partial charge in [0.1, 0.15) is 11.5 Å². The van der Waals surface area contributed by atoms with Crippen LogP contribution in [0.1, 0.15) is 0 Å². The van der Waals surface area contributed by atoms with Crippen LogP contribution < -0.4 is 4.90 Å². The Labute approximate surface area is 276 Å². The first-order valence-electron chi connectivity index (χ1n) is 16.0. The second-order valence-corrected chi connectivity index (χ2v) is 11.9. The summed E-state index contributed by atoms with van der Waals surface area (Å²) in [6.45, 7) is 0. The number of aromatic nitrogens is 5. The van der Waals surface area contributed by atoms with Gasteiger partial charge in [0.2, 0.25) is 0 Å². The van der Waals surface area contributed by atoms with Gasteiger partial charge in [0.15, 0.2) is 5.82 Å². The second kappa shape index (κ2) is 10.4. The molecule has 9 aromatic rings. The molecule has 4 aromatic heterocycles. The van der Waals surface area contributed by atoms with Gasteiger partial charge in [-0.3, -0.25) is 14.5 Å². The van der Waals surface area contributed by atoms with Crippen LogP contribution in [0.3, 0.4) is 0 Å². The molecular formula is C42H26N6. The fourth-order valence-electron chi connectivity index (χ4n) is 7.24. The third-order valence-corrected chi connectivity index (χ3v) is 9.23. The normalized spacial score (nSPS) is 12.1. The molecule has 1 aliphatic rings. The number of hydrogen-bond acceptors (Lipinski definition) is 5. The van der Waals surface area contributed by atoms with Crippen molar-refractivity contribution in [1.29, 1.82) is 0 Å². The van der Waals surface area contributed by atoms with Crippen molar-refractivity contribution in [3.05, 3.63) is 158 Å². The number of rotatable bonds is 4. The predicted molar refractivity (Wildman–Crippen MR) is 194 cm³/mol. The monoisotopic (exact) mass is 614 g/mol. The van der Waals surface area contributed by atoms with Gasteiger partial charge < -0.3 is 4.90 Å². The van der Waals surface area contributed by atoms with E-state index >= 15 is 0 Å². The average molecular weight is 615 g/mol. The van der Waals surface area contributed by atoms with E-state index in [9.17, 15) is 0 Å². The molecule has 0 atom stereocenters. The Morgan fingerprint density at radius 1 is 0.479 bits per heavy atom. The summed E-state index contributed by atoms with van der Waals surface area (Å²) >= 11 is 0. The lowest BCUT2D eigenvalue weighted by atomic mass is 9.89. The molecule has 0 amide bonds. The average Bonchev–Trinajstić information content (AvgIpc) is 3.51. The molecule has 6 nitrogen and oxygen atoms in total. The molecule has 0 unspecified atom stereocenters. The van der Waals surface area contributed by atoms with Crippen LogP contribution in [0.2, 0.25) is 0 Å². The van der Waals surface area contributed by atoms with E-state index in [2.05, 4.69) is 123 Å². The highest BCUT2D eigenvalue weighted by Crippen LogP contribution is 2.54. The zero-order chi connectivity index (χ0) is 31.6. The first kappa shape index (κ1) is 26.5. The van der Waals surface area contributed by atoms with Crippen LogP contribution in [0.4, 0.5) is 17.1 Å². The van der Waals surface area contributed by atoms with Crippen LogP contribution in [0, 0.1) is 0 Å². The number of fused-ring (bicyclic) bond motifs is 6. The van der Waals surface area contributed by atoms with E-state index in [-0.39, 0.29) is 0 Å². The van der Waals surface area contributed by atoms with Crippen LogP contribution in [-0.2, 0) is 0 Å². The van der Waals surface area contributed by atoms with Crippen molar-refractivity contribution in [3.8, 4) is 39.9 Å². The number of benzene rings is 5. The largest absolute Gasteiger partial charge is 0.309 e. The van der Waals surface area contributed by atoms with E-state index in [1.165, 1.54) is 27.6 Å². The molecule has 0 saturated carbocycles. The van der Waals surface area contributed by atoms with Crippen LogP contribution in [0.25, 0.3) is 72.4 Å². The van der Waals surface area contributed by atoms with E-state index in [1.807, 2.05) is 42.5 Å². The van der Waals surface area contributed by atoms with E-state index < -0.39 is 0 Å². The van der Waals surface area contributed by atoms with Crippen molar-refractivity contribution in [2.45, 2.75) is 0 Å². The molecular weight excluding hydrogens is 589 g/mol. The van der Waals surface area contributed by atoms with Gasteiger partial charge in [0, 0.05) is 45.9 Å². The molecule has 0 N–H and O–H groups in total. The van der Waals surface area contributed by atoms with Gasteiger partial charge in [-0.2, -0.15) is 0 Å². The van der Waals surface area contributed by atoms with Crippen LogP contribution in [0.15, 0.2) is 158 Å². The number of anilines is 3. The van der Waals surface area contributed by atoms with E-state index in [0.29, 0.717) is 11.5 Å². The molecule has 0 aliphatic carbocycles. The molecule has 224 valence electrons. The molecule has 0 spiro atoms. The van der Waals surface area contributed by atoms with Gasteiger partial charge in [-0.05, 0) is 65.5 Å². The van der Waals surface area contributed by atoms with Crippen LogP contribution in [0.5, 0.6) is 0 Å². The van der Waals surface area contributed by atoms with E-state index in [0.717, 1.165) is 50.4 Å². The first-order valence-corrected chi connectivity index (χ1v) is 16.0. The van der Waals surface area contributed by atoms with Gasteiger partial charge in [0.05, 0.1) is 33.8 Å². The molecule has 48 heavy (non-hydrogen) atoms. The minimum absolute atomic E-state index is 0.546. The third kappa shape index (κ3) is 3.93. The van der Waals surface area contributed by atoms with Crippen molar-refractivity contribution >= 4 is 49.6 Å². The van der Waals surface area contributed by atoms with E-state index in [1.54, 1.807) is 12.4 Å². The highest BCUT2D eigenvalue weighted by molar-refractivity contribution is 6.24. The summed E-state index contributed by atoms with van der Waals surface area (Å²) < 4.78 is 2.26. The van der Waals surface area contributed by atoms with Gasteiger partial charge in [-0.1, -0.05) is 84.9 Å². The summed E-state index contributed by atoms with van der Waals surface area (Å²) in [5.41, 5.74) is 10.2. The minimum Gasteiger partial charge on any atom is -0.309 e. The summed E-state index contributed by atoms with van der Waals surface area (Å²) in [6.07, 6.45) is 3.57. The van der Waals surface area contributed by atoms with Gasteiger partial charge in [-0.15, -0.1) is 0 Å². The molecule has 5 aromatic carbocycles. The maximum atomic E-state index is 5.18. The zero-order valence-corrected chi connectivity index (χ0v) is 25.7. The quantitative estimate of drug-likeness (QED) is 0.197. The third-order valence-electron chi connectivity index (χ3n) is 9.23. The minimum atomic E-state index is 0.546. The van der Waals surface area contributed by atoms with Crippen LogP contribution >= 0.6 is 0 Å². The molecule has 0 fully saturated rings. The summed E-state index contributed by atoms with van der Waals surface area (Å²) in [7, 11) is 0. The Kier molecular flexibility index (Phi) is 5.77. The lowest BCUT2D eigenvalue weighted by molar-refractivity contribution is 1.03. The summed E-state index contributed by atoms with van der Waals surface area (Å²) in [5, 5.41) is 4.80. The fourth-order valence-corrected chi connectivity index (χ4v) is 7.24. The standard InChI is InChI=1S/C42H26N6/c1-2-14-28(15-3-1)47-36-21-11-13-27-12-10-17-29(39(27)36)30-22-23-37-40(41(30)47)31-16-4-5-20-35(31)48(37)38-26-34(32-18-6-8-24-43-32)45-42(46-38)33-19-7-9-25-44-33/h1-26H. The maximum absolute atomic E-state index is 5.18. The van der Waals surface area contributed by atoms with Gasteiger partial charge in [-0.25, -0.2) is 9.97 Å². The molecule has 0 radical (unpaired) electrons. The number of pyridine rings is 2. The molecule has 10 rings (SSSR count). The van der Waals surface area contributed by atoms with Crippen LogP contribution in [-0.4, -0.2) is 24.5 Å². The second-order valence-electron chi connectivity index (χ2n) is 11.9. The molecule has 0 bridgehead atoms. The fraction of sp³-hybridized carbons (Fsp3) is 0. The van der Waals surface area contributed by atoms with Gasteiger partial charge >= 0.3 is 0 Å². The first-order chi connectivity index (χ1) is 23.8. The van der Waals surface area contributed by atoms with Crippen molar-refractivity contribution < 1.29 is 0 Å². The van der Waals surface area contributed by atoms with E-state index in [4.69, 9.17) is 9.97 Å². The number of para-hydroxylation sites is 2. The summed E-state index contributed by atoms with van der Waals surface area (Å²) in [6, 6.07) is 50.7. The number of hydrogen-bond donors (Lipinski definition) is 0. The Bertz CT molecular complexity index is 2600. The maximum Gasteiger partial charge on any atom is 0.180 e. The van der Waals surface area contributed by atoms with Crippen molar-refractivity contribution in [2.24, 2.45) is 0 Å². The predicted octanol–water partition coefficient (Wildman–Crippen LogP) is 10.3. The smallest absolute Gasteiger partial charge is 0.180 e. The van der Waals surface area contributed by atoms with Crippen molar-refractivity contribution in [1.82, 2.24) is 24.5 Å². The Balaban J connectivity index is 1.33. The Hall–Kier alpha value is -6.66. The Morgan fingerprint density at radius 3 is 2.04 bits per heavy atom. The lowest BCUT2D eigenvalue weighted by Gasteiger charge is -2.34. The zero-order valence-electron chi connectivity index (χ0n) is 25.7. The molecule has 6 heteroatoms. The van der Waals surface area contributed by atoms with Crippen molar-refractivity contribution in [2.75, 3.05) is 4.90 Å². The topological polar surface area (TPSA) is 59.7 Å². The SMILES string of the molecule is c1ccc(N2c3cccc4cccc(c34)-c3ccc4c(c32)c2ccccc2n4-c2cc(-c3ccccn3)nc(-c3ccccn3)n2)cc1. The molecule has 0 saturated heterocycles. The van der Waals surface area contributed by atoms with Crippen molar-refractivity contribution in [3.63, 3.8) is 0 Å². The summed E-state index contributed by atoms with van der Waals surface area (Å²) in [5.74, 6) is 1.30. The van der Waals surface area contributed by atoms with Gasteiger partial charge in [0.25, 0.3) is 0 Å². The lowest BCUT2D eigenvalue weighted by Crippen LogP contribution is -2.15. The molecule has 5 heterocycles. The molecule has 1 aliphatic heterocycles. The highest BCUT2D eigenvalue weighted by Gasteiger charge is 2.30. The Morgan fingerprint density at radius 2 is 1.23 bits per heavy atom. The highest BCUT2D eigenvalue weighted by atomic mass is 15.2.